The van der Waals surface area contributed by atoms with Gasteiger partial charge < -0.3 is 5.32 Å². The minimum atomic E-state index is -3.50. The van der Waals surface area contributed by atoms with Crippen LogP contribution in [-0.4, -0.2) is 43.4 Å². The van der Waals surface area contributed by atoms with Crippen LogP contribution in [0.4, 0.5) is 0 Å². The van der Waals surface area contributed by atoms with Crippen molar-refractivity contribution in [3.8, 4) is 0 Å². The van der Waals surface area contributed by atoms with Crippen LogP contribution < -0.4 is 5.32 Å². The van der Waals surface area contributed by atoms with Gasteiger partial charge in [-0.2, -0.15) is 4.31 Å². The van der Waals surface area contributed by atoms with Gasteiger partial charge in [-0.15, -0.1) is 0 Å². The van der Waals surface area contributed by atoms with Crippen molar-refractivity contribution < 1.29 is 8.42 Å². The van der Waals surface area contributed by atoms with Crippen molar-refractivity contribution in [2.45, 2.75) is 30.7 Å². The van der Waals surface area contributed by atoms with Crippen LogP contribution in [0.25, 0.3) is 10.9 Å². The first-order valence-corrected chi connectivity index (χ1v) is 9.58. The van der Waals surface area contributed by atoms with Gasteiger partial charge in [0.15, 0.2) is 0 Å². The monoisotopic (exact) mass is 331 g/mol. The number of sulfonamides is 1. The van der Waals surface area contributed by atoms with Crippen molar-refractivity contribution in [3.63, 3.8) is 0 Å². The number of para-hydroxylation sites is 1. The summed E-state index contributed by atoms with van der Waals surface area (Å²) < 4.78 is 27.9. The number of hydrogen-bond donors (Lipinski definition) is 1. The van der Waals surface area contributed by atoms with E-state index in [1.54, 1.807) is 22.6 Å². The van der Waals surface area contributed by atoms with Gasteiger partial charge in [-0.1, -0.05) is 12.1 Å². The number of piperidine rings is 1. The van der Waals surface area contributed by atoms with Gasteiger partial charge in [0, 0.05) is 30.7 Å². The second-order valence-corrected chi connectivity index (χ2v) is 8.51. The topological polar surface area (TPSA) is 62.3 Å². The first-order valence-electron chi connectivity index (χ1n) is 8.14. The zero-order valence-corrected chi connectivity index (χ0v) is 14.0. The standard InChI is InChI=1S/C17H21N3O2S/c1-12-9-13-3-2-4-16(17(13)19-10-12)23(21,22)20-8-6-15-14(11-20)5-7-18-15/h2-4,9-10,14-15,18H,5-8,11H2,1H3. The van der Waals surface area contributed by atoms with Crippen LogP contribution in [0.15, 0.2) is 35.4 Å². The van der Waals surface area contributed by atoms with Gasteiger partial charge >= 0.3 is 0 Å². The van der Waals surface area contributed by atoms with E-state index in [4.69, 9.17) is 0 Å². The SMILES string of the molecule is Cc1cnc2c(S(=O)(=O)N3CCC4NCCC4C3)cccc2c1. The van der Waals surface area contributed by atoms with E-state index in [0.29, 0.717) is 35.5 Å². The highest BCUT2D eigenvalue weighted by atomic mass is 32.2. The Hall–Kier alpha value is -1.50. The molecule has 2 fully saturated rings. The highest BCUT2D eigenvalue weighted by Crippen LogP contribution is 2.30. The summed E-state index contributed by atoms with van der Waals surface area (Å²) in [6.45, 7) is 4.16. The second kappa shape index (κ2) is 5.54. The van der Waals surface area contributed by atoms with Crippen LogP contribution in [0.3, 0.4) is 0 Å². The molecule has 0 saturated carbocycles. The van der Waals surface area contributed by atoms with Crippen LogP contribution >= 0.6 is 0 Å². The Morgan fingerprint density at radius 2 is 2.17 bits per heavy atom. The summed E-state index contributed by atoms with van der Waals surface area (Å²) in [5.41, 5.74) is 1.61. The second-order valence-electron chi connectivity index (χ2n) is 6.60. The molecule has 4 rings (SSSR count). The first-order chi connectivity index (χ1) is 11.1. The molecule has 6 heteroatoms. The van der Waals surface area contributed by atoms with Crippen LogP contribution in [0.2, 0.25) is 0 Å². The third kappa shape index (κ3) is 2.55. The van der Waals surface area contributed by atoms with Crippen LogP contribution in [0.1, 0.15) is 18.4 Å². The van der Waals surface area contributed by atoms with E-state index in [-0.39, 0.29) is 0 Å². The molecule has 2 aromatic rings. The molecule has 2 saturated heterocycles. The van der Waals surface area contributed by atoms with Crippen molar-refractivity contribution in [1.82, 2.24) is 14.6 Å². The van der Waals surface area contributed by atoms with Gasteiger partial charge in [-0.3, -0.25) is 4.98 Å². The number of benzene rings is 1. The van der Waals surface area contributed by atoms with Gasteiger partial charge in [0.05, 0.1) is 5.52 Å². The molecule has 5 nitrogen and oxygen atoms in total. The lowest BCUT2D eigenvalue weighted by Gasteiger charge is -2.34. The van der Waals surface area contributed by atoms with Crippen LogP contribution in [0, 0.1) is 12.8 Å². The Labute approximate surface area is 136 Å². The lowest BCUT2D eigenvalue weighted by Crippen LogP contribution is -2.46. The molecule has 1 aromatic heterocycles. The molecule has 0 aliphatic carbocycles. The van der Waals surface area contributed by atoms with Crippen LogP contribution in [0.5, 0.6) is 0 Å². The third-order valence-corrected chi connectivity index (χ3v) is 6.94. The Balaban J connectivity index is 1.74. The summed E-state index contributed by atoms with van der Waals surface area (Å²) in [7, 11) is -3.50. The van der Waals surface area contributed by atoms with Crippen molar-refractivity contribution >= 4 is 20.9 Å². The molecule has 0 radical (unpaired) electrons. The summed E-state index contributed by atoms with van der Waals surface area (Å²) in [5.74, 6) is 0.434. The molecule has 3 heterocycles. The molecular weight excluding hydrogens is 310 g/mol. The lowest BCUT2D eigenvalue weighted by atomic mass is 9.95. The van der Waals surface area contributed by atoms with Crippen molar-refractivity contribution in [1.29, 1.82) is 0 Å². The fraction of sp³-hybridized carbons (Fsp3) is 0.471. The Bertz CT molecular complexity index is 850. The molecule has 2 unspecified atom stereocenters. The lowest BCUT2D eigenvalue weighted by molar-refractivity contribution is 0.247. The highest BCUT2D eigenvalue weighted by molar-refractivity contribution is 7.89. The van der Waals surface area contributed by atoms with Gasteiger partial charge in [0.2, 0.25) is 10.0 Å². The molecule has 2 aliphatic heterocycles. The quantitative estimate of drug-likeness (QED) is 0.913. The molecule has 2 atom stereocenters. The fourth-order valence-electron chi connectivity index (χ4n) is 3.82. The zero-order valence-electron chi connectivity index (χ0n) is 13.2. The van der Waals surface area contributed by atoms with E-state index in [2.05, 4.69) is 10.3 Å². The Kier molecular flexibility index (Phi) is 3.63. The zero-order chi connectivity index (χ0) is 16.0. The van der Waals surface area contributed by atoms with Crippen molar-refractivity contribution in [2.24, 2.45) is 5.92 Å². The molecule has 122 valence electrons. The summed E-state index contributed by atoms with van der Waals surface area (Å²) >= 11 is 0. The number of hydrogen-bond acceptors (Lipinski definition) is 4. The number of aryl methyl sites for hydroxylation is 1. The molecular formula is C17H21N3O2S. The minimum Gasteiger partial charge on any atom is -0.314 e. The number of nitrogens with zero attached hydrogens (tertiary/aromatic N) is 2. The highest BCUT2D eigenvalue weighted by Gasteiger charge is 2.38. The van der Waals surface area contributed by atoms with E-state index in [1.165, 1.54) is 0 Å². The number of pyridine rings is 1. The Morgan fingerprint density at radius 3 is 3.04 bits per heavy atom. The smallest absolute Gasteiger partial charge is 0.245 e. The van der Waals surface area contributed by atoms with Gasteiger partial charge in [-0.05, 0) is 49.9 Å². The van der Waals surface area contributed by atoms with Gasteiger partial charge in [-0.25, -0.2) is 8.42 Å². The minimum absolute atomic E-state index is 0.333. The number of fused-ring (bicyclic) bond motifs is 2. The maximum absolute atomic E-state index is 13.1. The largest absolute Gasteiger partial charge is 0.314 e. The van der Waals surface area contributed by atoms with Crippen LogP contribution in [-0.2, 0) is 10.0 Å². The van der Waals surface area contributed by atoms with E-state index in [1.807, 2.05) is 19.1 Å². The predicted octanol–water partition coefficient (Wildman–Crippen LogP) is 1.92. The molecule has 1 N–H and O–H groups in total. The fourth-order valence-corrected chi connectivity index (χ4v) is 5.50. The third-order valence-electron chi connectivity index (χ3n) is 5.05. The van der Waals surface area contributed by atoms with Gasteiger partial charge in [0.25, 0.3) is 0 Å². The summed E-state index contributed by atoms with van der Waals surface area (Å²) in [4.78, 5) is 4.72. The summed E-state index contributed by atoms with van der Waals surface area (Å²) in [5, 5.41) is 4.35. The maximum Gasteiger partial charge on any atom is 0.245 e. The van der Waals surface area contributed by atoms with E-state index < -0.39 is 10.0 Å². The van der Waals surface area contributed by atoms with Crippen molar-refractivity contribution in [2.75, 3.05) is 19.6 Å². The molecule has 0 bridgehead atoms. The molecule has 0 amide bonds. The molecule has 23 heavy (non-hydrogen) atoms. The average molecular weight is 331 g/mol. The predicted molar refractivity (Wildman–Crippen MR) is 89.8 cm³/mol. The molecule has 2 aliphatic rings. The van der Waals surface area contributed by atoms with Gasteiger partial charge in [0.1, 0.15) is 4.90 Å². The Morgan fingerprint density at radius 1 is 1.30 bits per heavy atom. The molecule has 1 aromatic carbocycles. The van der Waals surface area contributed by atoms with E-state index in [0.717, 1.165) is 30.3 Å². The van der Waals surface area contributed by atoms with E-state index in [9.17, 15) is 8.42 Å². The average Bonchev–Trinajstić information content (AvgIpc) is 3.01. The number of nitrogens with one attached hydrogen (secondary N) is 1. The first kappa shape index (κ1) is 15.1. The number of rotatable bonds is 2. The van der Waals surface area contributed by atoms with Crippen molar-refractivity contribution in [3.05, 3.63) is 36.0 Å². The summed E-state index contributed by atoms with van der Waals surface area (Å²) in [6.07, 6.45) is 3.68. The number of aromatic nitrogens is 1. The maximum atomic E-state index is 13.1. The van der Waals surface area contributed by atoms with E-state index >= 15 is 0 Å². The molecule has 0 spiro atoms. The normalized spacial score (nSPS) is 25.6. The summed E-state index contributed by atoms with van der Waals surface area (Å²) in [6, 6.07) is 7.87.